The van der Waals surface area contributed by atoms with Crippen molar-refractivity contribution in [3.63, 3.8) is 0 Å². The zero-order valence-electron chi connectivity index (χ0n) is 17.1. The van der Waals surface area contributed by atoms with Gasteiger partial charge in [-0.3, -0.25) is 14.8 Å². The van der Waals surface area contributed by atoms with Crippen LogP contribution in [0.4, 0.5) is 32.2 Å². The summed E-state index contributed by atoms with van der Waals surface area (Å²) in [7, 11) is 0. The highest BCUT2D eigenvalue weighted by atomic mass is 19.4. The van der Waals surface area contributed by atoms with E-state index in [2.05, 4.69) is 20.4 Å². The fraction of sp³-hybridized carbons (Fsp3) is 0.300. The number of aromatic nitrogens is 3. The van der Waals surface area contributed by atoms with Crippen LogP contribution < -0.4 is 16.2 Å². The van der Waals surface area contributed by atoms with E-state index in [0.29, 0.717) is 24.5 Å². The minimum Gasteiger partial charge on any atom is -0.366 e. The molecule has 176 valence electrons. The number of nitrogens with zero attached hydrogens (tertiary/aromatic N) is 4. The predicted molar refractivity (Wildman–Crippen MR) is 107 cm³/mol. The van der Waals surface area contributed by atoms with E-state index in [4.69, 9.17) is 5.73 Å². The highest BCUT2D eigenvalue weighted by Gasteiger charge is 2.43. The number of nitrogens with two attached hydrogens (primary N) is 1. The first kappa shape index (κ1) is 24.2. The lowest BCUT2D eigenvalue weighted by Gasteiger charge is -2.24. The average molecular weight is 472 g/mol. The van der Waals surface area contributed by atoms with Crippen molar-refractivity contribution in [3.05, 3.63) is 59.0 Å². The molecule has 13 heteroatoms. The molecule has 33 heavy (non-hydrogen) atoms. The summed E-state index contributed by atoms with van der Waals surface area (Å²) in [5.41, 5.74) is 5.57. The van der Waals surface area contributed by atoms with Crippen LogP contribution in [0.15, 0.2) is 36.8 Å². The van der Waals surface area contributed by atoms with Crippen molar-refractivity contribution in [2.24, 2.45) is 5.73 Å². The van der Waals surface area contributed by atoms with Crippen LogP contribution >= 0.6 is 0 Å². The molecule has 0 radical (unpaired) electrons. The van der Waals surface area contributed by atoms with Gasteiger partial charge >= 0.3 is 12.4 Å². The number of primary amides is 1. The zero-order valence-corrected chi connectivity index (χ0v) is 17.1. The van der Waals surface area contributed by atoms with E-state index >= 15 is 0 Å². The zero-order chi connectivity index (χ0) is 24.4. The molecule has 2 heterocycles. The number of nitrogens with one attached hydrogen (secondary N) is 1. The smallest absolute Gasteiger partial charge is 0.366 e. The van der Waals surface area contributed by atoms with Crippen LogP contribution in [-0.4, -0.2) is 33.9 Å². The molecule has 3 rings (SSSR count). The Kier molecular flexibility index (Phi) is 6.72. The van der Waals surface area contributed by atoms with E-state index in [1.165, 1.54) is 23.6 Å². The van der Waals surface area contributed by atoms with E-state index in [1.807, 2.05) is 0 Å². The number of anilines is 1. The number of alkyl halides is 6. The van der Waals surface area contributed by atoms with Gasteiger partial charge in [-0.1, -0.05) is 6.07 Å². The SMILES string of the molecule is CCN(NCCc1ccc(C(F)(F)F)c(C(F)(F)F)c1)c1ncnc2c(C(N)=O)ccnc12. The summed E-state index contributed by atoms with van der Waals surface area (Å²) in [6, 6.07) is 3.36. The monoisotopic (exact) mass is 472 g/mol. The lowest BCUT2D eigenvalue weighted by Crippen LogP contribution is -2.40. The molecule has 0 atom stereocenters. The molecule has 3 aromatic rings. The van der Waals surface area contributed by atoms with Crippen LogP contribution in [0.1, 0.15) is 34.0 Å². The summed E-state index contributed by atoms with van der Waals surface area (Å²) in [5.74, 6) is -0.403. The van der Waals surface area contributed by atoms with Crippen molar-refractivity contribution in [1.29, 1.82) is 0 Å². The third-order valence-electron chi connectivity index (χ3n) is 4.75. The Morgan fingerprint density at radius 2 is 1.70 bits per heavy atom. The van der Waals surface area contributed by atoms with Crippen molar-refractivity contribution in [3.8, 4) is 0 Å². The van der Waals surface area contributed by atoms with E-state index in [-0.39, 0.29) is 35.1 Å². The molecule has 0 aliphatic rings. The van der Waals surface area contributed by atoms with E-state index in [0.717, 1.165) is 6.07 Å². The maximum Gasteiger partial charge on any atom is 0.417 e. The van der Waals surface area contributed by atoms with Gasteiger partial charge in [0, 0.05) is 19.3 Å². The third-order valence-corrected chi connectivity index (χ3v) is 4.75. The third kappa shape index (κ3) is 5.30. The molecule has 0 unspecified atom stereocenters. The molecule has 1 amide bonds. The summed E-state index contributed by atoms with van der Waals surface area (Å²) in [6.45, 7) is 2.19. The first-order valence-corrected chi connectivity index (χ1v) is 9.61. The van der Waals surface area contributed by atoms with Crippen molar-refractivity contribution < 1.29 is 31.1 Å². The number of pyridine rings is 1. The van der Waals surface area contributed by atoms with Gasteiger partial charge in [0.15, 0.2) is 5.82 Å². The van der Waals surface area contributed by atoms with Crippen molar-refractivity contribution in [1.82, 2.24) is 20.4 Å². The molecule has 0 aliphatic heterocycles. The summed E-state index contributed by atoms with van der Waals surface area (Å²) in [5, 5.41) is 1.54. The van der Waals surface area contributed by atoms with Gasteiger partial charge in [0.25, 0.3) is 5.91 Å². The normalized spacial score (nSPS) is 12.2. The fourth-order valence-corrected chi connectivity index (χ4v) is 3.25. The van der Waals surface area contributed by atoms with Crippen molar-refractivity contribution in [2.75, 3.05) is 18.1 Å². The Morgan fingerprint density at radius 1 is 1.00 bits per heavy atom. The molecule has 0 spiro atoms. The number of carbonyl (C=O) groups excluding carboxylic acids is 1. The van der Waals surface area contributed by atoms with Crippen molar-refractivity contribution >= 4 is 22.8 Å². The van der Waals surface area contributed by atoms with Crippen LogP contribution in [0, 0.1) is 0 Å². The van der Waals surface area contributed by atoms with Gasteiger partial charge in [-0.05, 0) is 37.1 Å². The number of amides is 1. The van der Waals surface area contributed by atoms with E-state index in [1.54, 1.807) is 6.92 Å². The predicted octanol–water partition coefficient (Wildman–Crippen LogP) is 3.73. The van der Waals surface area contributed by atoms with Crippen LogP contribution in [0.2, 0.25) is 0 Å². The highest BCUT2D eigenvalue weighted by Crippen LogP contribution is 2.40. The summed E-state index contributed by atoms with van der Waals surface area (Å²) in [6.07, 6.45) is -7.69. The van der Waals surface area contributed by atoms with Gasteiger partial charge in [-0.25, -0.2) is 15.4 Å². The molecular weight excluding hydrogens is 454 g/mol. The lowest BCUT2D eigenvalue weighted by molar-refractivity contribution is -0.162. The van der Waals surface area contributed by atoms with Crippen LogP contribution in [0.3, 0.4) is 0 Å². The minimum atomic E-state index is -5.15. The molecule has 7 nitrogen and oxygen atoms in total. The van der Waals surface area contributed by atoms with Gasteiger partial charge < -0.3 is 5.73 Å². The first-order valence-electron chi connectivity index (χ1n) is 9.61. The summed E-state index contributed by atoms with van der Waals surface area (Å²) >= 11 is 0. The molecule has 0 saturated carbocycles. The van der Waals surface area contributed by atoms with Gasteiger partial charge in [0.1, 0.15) is 17.4 Å². The molecule has 0 saturated heterocycles. The molecule has 0 bridgehead atoms. The Labute approximate surface area is 183 Å². The average Bonchev–Trinajstić information content (AvgIpc) is 2.74. The second-order valence-corrected chi connectivity index (χ2v) is 6.90. The maximum atomic E-state index is 13.1. The molecular formula is C20H18F6N6O. The van der Waals surface area contributed by atoms with Crippen LogP contribution in [0.25, 0.3) is 11.0 Å². The van der Waals surface area contributed by atoms with E-state index < -0.39 is 29.4 Å². The van der Waals surface area contributed by atoms with Gasteiger partial charge in [0.05, 0.1) is 16.7 Å². The largest absolute Gasteiger partial charge is 0.417 e. The molecule has 1 aromatic carbocycles. The maximum absolute atomic E-state index is 13.1. The number of hydrazine groups is 1. The summed E-state index contributed by atoms with van der Waals surface area (Å²) in [4.78, 5) is 24.0. The Morgan fingerprint density at radius 3 is 2.30 bits per heavy atom. The Bertz CT molecular complexity index is 1160. The number of carbonyl (C=O) groups is 1. The van der Waals surface area contributed by atoms with Crippen LogP contribution in [-0.2, 0) is 18.8 Å². The number of fused-ring (bicyclic) bond motifs is 1. The minimum absolute atomic E-state index is 0.000692. The molecule has 2 aromatic heterocycles. The number of rotatable bonds is 7. The molecule has 3 N–H and O–H groups in total. The number of hydrogen-bond donors (Lipinski definition) is 2. The van der Waals surface area contributed by atoms with Crippen molar-refractivity contribution in [2.45, 2.75) is 25.7 Å². The highest BCUT2D eigenvalue weighted by molar-refractivity contribution is 6.05. The topological polar surface area (TPSA) is 97.0 Å². The summed E-state index contributed by atoms with van der Waals surface area (Å²) < 4.78 is 78.3. The van der Waals surface area contributed by atoms with Gasteiger partial charge in [-0.2, -0.15) is 26.3 Å². The lowest BCUT2D eigenvalue weighted by atomic mass is 10.0. The number of hydrogen-bond acceptors (Lipinski definition) is 6. The van der Waals surface area contributed by atoms with E-state index in [9.17, 15) is 31.1 Å². The van der Waals surface area contributed by atoms with Gasteiger partial charge in [0.2, 0.25) is 0 Å². The Balaban J connectivity index is 1.82. The number of halogens is 6. The molecule has 0 fully saturated rings. The first-order chi connectivity index (χ1) is 15.4. The standard InChI is InChI=1S/C20H18F6N6O/c1-2-32(18-16-15(29-10-30-18)12(17(27)33)6-7-28-16)31-8-5-11-3-4-13(19(21,22)23)14(9-11)20(24,25)26/h3-4,6-7,9-10,31H,2,5,8H2,1H3,(H2,27,33). The van der Waals surface area contributed by atoms with Gasteiger partial charge in [-0.15, -0.1) is 0 Å². The second kappa shape index (κ2) is 9.17. The number of benzene rings is 1. The quantitative estimate of drug-likeness (QED) is 0.402. The fourth-order valence-electron chi connectivity index (χ4n) is 3.25. The van der Waals surface area contributed by atoms with Crippen LogP contribution in [0.5, 0.6) is 0 Å². The molecule has 0 aliphatic carbocycles. The Hall–Kier alpha value is -3.48. The second-order valence-electron chi connectivity index (χ2n) is 6.90.